The first-order chi connectivity index (χ1) is 9.36. The van der Waals surface area contributed by atoms with Gasteiger partial charge in [-0.05, 0) is 13.0 Å². The van der Waals surface area contributed by atoms with Crippen LogP contribution in [0, 0.1) is 0 Å². The fourth-order valence-corrected chi connectivity index (χ4v) is 2.24. The Morgan fingerprint density at radius 2 is 1.79 bits per heavy atom. The predicted molar refractivity (Wildman–Crippen MR) is 74.5 cm³/mol. The van der Waals surface area contributed by atoms with Crippen LogP contribution < -0.4 is 5.32 Å². The van der Waals surface area contributed by atoms with E-state index in [-0.39, 0.29) is 0 Å². The summed E-state index contributed by atoms with van der Waals surface area (Å²) in [6, 6.07) is 0. The van der Waals surface area contributed by atoms with Gasteiger partial charge in [-0.2, -0.15) is 0 Å². The fraction of sp³-hybridized carbons (Fsp3) is 0.833. The van der Waals surface area contributed by atoms with E-state index in [1.54, 1.807) is 25.6 Å². The third-order valence-electron chi connectivity index (χ3n) is 2.39. The smallest absolute Gasteiger partial charge is 0.143 e. The third-order valence-corrected chi connectivity index (χ3v) is 3.35. The van der Waals surface area contributed by atoms with Gasteiger partial charge in [-0.1, -0.05) is 11.3 Å². The summed E-state index contributed by atoms with van der Waals surface area (Å²) in [5.74, 6) is 0. The molecule has 0 bridgehead atoms. The molecule has 1 N–H and O–H groups in total. The zero-order chi connectivity index (χ0) is 13.8. The Morgan fingerprint density at radius 1 is 1.00 bits per heavy atom. The van der Waals surface area contributed by atoms with Crippen molar-refractivity contribution in [3.8, 4) is 0 Å². The van der Waals surface area contributed by atoms with Crippen LogP contribution >= 0.6 is 11.3 Å². The third kappa shape index (κ3) is 8.22. The van der Waals surface area contributed by atoms with E-state index in [1.165, 1.54) is 0 Å². The molecule has 0 unspecified atom stereocenters. The minimum Gasteiger partial charge on any atom is -0.383 e. The lowest BCUT2D eigenvalue weighted by atomic mass is 10.3. The number of methoxy groups -OCH3 is 2. The maximum absolute atomic E-state index is 5.40. The maximum Gasteiger partial charge on any atom is 0.143 e. The van der Waals surface area contributed by atoms with Gasteiger partial charge in [0.05, 0.1) is 19.8 Å². The molecule has 1 aromatic rings. The Morgan fingerprint density at radius 3 is 2.58 bits per heavy atom. The predicted octanol–water partition coefficient (Wildman–Crippen LogP) is 0.870. The zero-order valence-corrected chi connectivity index (χ0v) is 12.5. The van der Waals surface area contributed by atoms with Crippen molar-refractivity contribution < 1.29 is 14.2 Å². The second-order valence-electron chi connectivity index (χ2n) is 3.98. The molecule has 1 heterocycles. The van der Waals surface area contributed by atoms with Gasteiger partial charge in [-0.25, -0.2) is 0 Å². The molecule has 0 saturated heterocycles. The normalized spacial score (nSPS) is 11.1. The van der Waals surface area contributed by atoms with Crippen molar-refractivity contribution in [3.63, 3.8) is 0 Å². The van der Waals surface area contributed by atoms with E-state index < -0.39 is 0 Å². The molecular weight excluding hydrogens is 266 g/mol. The molecule has 0 radical (unpaired) electrons. The highest BCUT2D eigenvalue weighted by molar-refractivity contribution is 7.11. The summed E-state index contributed by atoms with van der Waals surface area (Å²) in [5, 5.41) is 13.6. The molecule has 1 rings (SSSR count). The Kier molecular flexibility index (Phi) is 9.74. The summed E-state index contributed by atoms with van der Waals surface area (Å²) in [4.78, 5) is 0. The van der Waals surface area contributed by atoms with E-state index in [4.69, 9.17) is 14.2 Å². The molecule has 0 aliphatic heterocycles. The summed E-state index contributed by atoms with van der Waals surface area (Å²) < 4.78 is 15.3. The highest BCUT2D eigenvalue weighted by Gasteiger charge is 2.04. The lowest BCUT2D eigenvalue weighted by Gasteiger charge is -2.01. The van der Waals surface area contributed by atoms with Crippen LogP contribution in [0.1, 0.15) is 16.4 Å². The zero-order valence-electron chi connectivity index (χ0n) is 11.7. The van der Waals surface area contributed by atoms with Crippen LogP contribution in [0.15, 0.2) is 0 Å². The Balaban J connectivity index is 2.06. The van der Waals surface area contributed by atoms with E-state index in [0.717, 1.165) is 42.6 Å². The van der Waals surface area contributed by atoms with Gasteiger partial charge >= 0.3 is 0 Å². The van der Waals surface area contributed by atoms with E-state index in [2.05, 4.69) is 15.5 Å². The molecule has 110 valence electrons. The highest BCUT2D eigenvalue weighted by atomic mass is 32.1. The number of hydrogen-bond acceptors (Lipinski definition) is 7. The average Bonchev–Trinajstić information content (AvgIpc) is 2.87. The largest absolute Gasteiger partial charge is 0.383 e. The lowest BCUT2D eigenvalue weighted by molar-refractivity contribution is 0.0613. The lowest BCUT2D eigenvalue weighted by Crippen LogP contribution is -2.20. The number of aromatic nitrogens is 2. The highest BCUT2D eigenvalue weighted by Crippen LogP contribution is 2.12. The van der Waals surface area contributed by atoms with Crippen molar-refractivity contribution in [1.82, 2.24) is 15.5 Å². The second-order valence-corrected chi connectivity index (χ2v) is 5.13. The van der Waals surface area contributed by atoms with Crippen molar-refractivity contribution in [3.05, 3.63) is 10.0 Å². The van der Waals surface area contributed by atoms with Crippen LogP contribution in [0.4, 0.5) is 0 Å². The van der Waals surface area contributed by atoms with Gasteiger partial charge in [0, 0.05) is 27.2 Å². The van der Waals surface area contributed by atoms with Gasteiger partial charge in [0.1, 0.15) is 16.6 Å². The molecule has 0 amide bonds. The van der Waals surface area contributed by atoms with Gasteiger partial charge in [-0.15, -0.1) is 10.2 Å². The first-order valence-electron chi connectivity index (χ1n) is 6.44. The monoisotopic (exact) mass is 289 g/mol. The van der Waals surface area contributed by atoms with Crippen LogP contribution in [0.2, 0.25) is 0 Å². The standard InChI is InChI=1S/C12H23N3O3S/c1-16-7-6-13-5-3-4-11-14-15-12(19-11)10-18-9-8-17-2/h13H,3-10H2,1-2H3. The van der Waals surface area contributed by atoms with Crippen LogP contribution in [-0.4, -0.2) is 57.3 Å². The van der Waals surface area contributed by atoms with E-state index in [0.29, 0.717) is 19.8 Å². The van der Waals surface area contributed by atoms with Crippen molar-refractivity contribution >= 4 is 11.3 Å². The number of nitrogens with zero attached hydrogens (tertiary/aromatic N) is 2. The summed E-state index contributed by atoms with van der Waals surface area (Å²) in [6.45, 7) is 4.34. The van der Waals surface area contributed by atoms with E-state index in [9.17, 15) is 0 Å². The van der Waals surface area contributed by atoms with Gasteiger partial charge in [0.25, 0.3) is 0 Å². The van der Waals surface area contributed by atoms with Crippen LogP contribution in [-0.2, 0) is 27.2 Å². The molecule has 0 aliphatic carbocycles. The van der Waals surface area contributed by atoms with E-state index >= 15 is 0 Å². The maximum atomic E-state index is 5.40. The summed E-state index contributed by atoms with van der Waals surface area (Å²) in [7, 11) is 3.37. The molecular formula is C12H23N3O3S. The minimum absolute atomic E-state index is 0.521. The van der Waals surface area contributed by atoms with Gasteiger partial charge in [0.15, 0.2) is 0 Å². The van der Waals surface area contributed by atoms with Crippen molar-refractivity contribution in [2.75, 3.05) is 47.1 Å². The first-order valence-corrected chi connectivity index (χ1v) is 7.26. The quantitative estimate of drug-likeness (QED) is 0.576. The second kappa shape index (κ2) is 11.2. The molecule has 1 aromatic heterocycles. The molecule has 0 fully saturated rings. The molecule has 0 aromatic carbocycles. The topological polar surface area (TPSA) is 65.5 Å². The Hall–Kier alpha value is -0.600. The fourth-order valence-electron chi connectivity index (χ4n) is 1.41. The molecule has 0 spiro atoms. The van der Waals surface area contributed by atoms with Crippen molar-refractivity contribution in [2.45, 2.75) is 19.4 Å². The number of aryl methyl sites for hydroxylation is 1. The Bertz CT molecular complexity index is 323. The van der Waals surface area contributed by atoms with Crippen molar-refractivity contribution in [1.29, 1.82) is 0 Å². The molecule has 0 atom stereocenters. The molecule has 7 heteroatoms. The number of hydrogen-bond donors (Lipinski definition) is 1. The van der Waals surface area contributed by atoms with Crippen LogP contribution in [0.5, 0.6) is 0 Å². The van der Waals surface area contributed by atoms with Gasteiger partial charge < -0.3 is 19.5 Å². The van der Waals surface area contributed by atoms with E-state index in [1.807, 2.05) is 0 Å². The molecule has 0 saturated carbocycles. The van der Waals surface area contributed by atoms with Gasteiger partial charge in [-0.3, -0.25) is 0 Å². The Labute approximate surface area is 118 Å². The summed E-state index contributed by atoms with van der Waals surface area (Å²) in [5.41, 5.74) is 0. The molecule has 19 heavy (non-hydrogen) atoms. The first kappa shape index (κ1) is 16.5. The SMILES string of the molecule is COCCNCCCc1nnc(COCCOC)s1. The number of rotatable bonds is 12. The van der Waals surface area contributed by atoms with Gasteiger partial charge in [0.2, 0.25) is 0 Å². The van der Waals surface area contributed by atoms with Crippen LogP contribution in [0.25, 0.3) is 0 Å². The average molecular weight is 289 g/mol. The molecule has 0 aliphatic rings. The number of ether oxygens (including phenoxy) is 3. The summed E-state index contributed by atoms with van der Waals surface area (Å²) in [6.07, 6.45) is 2.01. The number of nitrogens with one attached hydrogen (secondary N) is 1. The summed E-state index contributed by atoms with van der Waals surface area (Å²) >= 11 is 1.62. The van der Waals surface area contributed by atoms with Crippen molar-refractivity contribution in [2.24, 2.45) is 0 Å². The van der Waals surface area contributed by atoms with Crippen LogP contribution in [0.3, 0.4) is 0 Å². The molecule has 6 nitrogen and oxygen atoms in total. The minimum atomic E-state index is 0.521.